The zero-order valence-electron chi connectivity index (χ0n) is 14.5. The molecule has 0 saturated carbocycles. The van der Waals surface area contributed by atoms with E-state index in [0.29, 0.717) is 37.8 Å². The lowest BCUT2D eigenvalue weighted by Crippen LogP contribution is -2.39. The minimum absolute atomic E-state index is 0.0555. The number of carbonyl (C=O) groups excluding carboxylic acids is 1. The Morgan fingerprint density at radius 1 is 1.12 bits per heavy atom. The molecule has 6 nitrogen and oxygen atoms in total. The summed E-state index contributed by atoms with van der Waals surface area (Å²) in [6.45, 7) is 2.60. The topological polar surface area (TPSA) is 72.7 Å². The van der Waals surface area contributed by atoms with Crippen LogP contribution in [0.2, 0.25) is 0 Å². The Hall–Kier alpha value is -2.73. The van der Waals surface area contributed by atoms with Crippen LogP contribution in [0.1, 0.15) is 28.8 Å². The molecule has 0 N–H and O–H groups in total. The molecular formula is C20H22N2O4. The molecule has 1 aliphatic rings. The lowest BCUT2D eigenvalue weighted by atomic mass is 9.97. The van der Waals surface area contributed by atoms with Crippen molar-refractivity contribution >= 4 is 11.6 Å². The first kappa shape index (κ1) is 18.1. The number of nitro groups is 1. The SMILES string of the molecule is O=C(c1cccc([N+](=O)[O-])c1)N1CCC(COCc2ccccc2)CC1. The summed E-state index contributed by atoms with van der Waals surface area (Å²) in [5.74, 6) is 0.297. The Morgan fingerprint density at radius 3 is 2.54 bits per heavy atom. The van der Waals surface area contributed by atoms with Gasteiger partial charge in [-0.05, 0) is 30.4 Å². The third kappa shape index (κ3) is 4.67. The number of non-ortho nitro benzene ring substituents is 1. The number of rotatable bonds is 6. The van der Waals surface area contributed by atoms with Gasteiger partial charge in [0.2, 0.25) is 0 Å². The van der Waals surface area contributed by atoms with Gasteiger partial charge in [0, 0.05) is 37.4 Å². The molecular weight excluding hydrogens is 332 g/mol. The number of carbonyl (C=O) groups is 1. The van der Waals surface area contributed by atoms with Gasteiger partial charge >= 0.3 is 0 Å². The van der Waals surface area contributed by atoms with Crippen LogP contribution in [-0.2, 0) is 11.3 Å². The van der Waals surface area contributed by atoms with E-state index in [9.17, 15) is 14.9 Å². The van der Waals surface area contributed by atoms with Crippen molar-refractivity contribution < 1.29 is 14.5 Å². The number of likely N-dealkylation sites (tertiary alicyclic amines) is 1. The summed E-state index contributed by atoms with van der Waals surface area (Å²) in [5, 5.41) is 10.9. The van der Waals surface area contributed by atoms with Crippen LogP contribution >= 0.6 is 0 Å². The molecule has 1 fully saturated rings. The van der Waals surface area contributed by atoms with Crippen molar-refractivity contribution in [2.24, 2.45) is 5.92 Å². The molecule has 1 saturated heterocycles. The predicted octanol–water partition coefficient (Wildman–Crippen LogP) is 3.66. The molecule has 26 heavy (non-hydrogen) atoms. The molecule has 0 bridgehead atoms. The second kappa shape index (κ2) is 8.58. The zero-order valence-corrected chi connectivity index (χ0v) is 14.5. The van der Waals surface area contributed by atoms with Gasteiger partial charge in [0.15, 0.2) is 0 Å². The lowest BCUT2D eigenvalue weighted by molar-refractivity contribution is -0.384. The number of nitrogens with zero attached hydrogens (tertiary/aromatic N) is 2. The average Bonchev–Trinajstić information content (AvgIpc) is 2.69. The van der Waals surface area contributed by atoms with Crippen molar-refractivity contribution in [1.82, 2.24) is 4.90 Å². The van der Waals surface area contributed by atoms with E-state index in [-0.39, 0.29) is 11.6 Å². The maximum Gasteiger partial charge on any atom is 0.270 e. The molecule has 0 spiro atoms. The minimum atomic E-state index is -0.479. The molecule has 1 heterocycles. The first-order valence-electron chi connectivity index (χ1n) is 8.79. The van der Waals surface area contributed by atoms with E-state index in [1.807, 2.05) is 30.3 Å². The largest absolute Gasteiger partial charge is 0.376 e. The summed E-state index contributed by atoms with van der Waals surface area (Å²) in [4.78, 5) is 24.7. The monoisotopic (exact) mass is 354 g/mol. The van der Waals surface area contributed by atoms with Crippen LogP contribution in [0, 0.1) is 16.0 Å². The fraction of sp³-hybridized carbons (Fsp3) is 0.350. The van der Waals surface area contributed by atoms with Gasteiger partial charge in [-0.25, -0.2) is 0 Å². The molecule has 1 amide bonds. The van der Waals surface area contributed by atoms with Gasteiger partial charge in [-0.3, -0.25) is 14.9 Å². The molecule has 1 aliphatic heterocycles. The van der Waals surface area contributed by atoms with Crippen molar-refractivity contribution in [2.45, 2.75) is 19.4 Å². The van der Waals surface area contributed by atoms with Crippen LogP contribution in [0.4, 0.5) is 5.69 Å². The highest BCUT2D eigenvalue weighted by atomic mass is 16.6. The van der Waals surface area contributed by atoms with Gasteiger partial charge < -0.3 is 9.64 Å². The van der Waals surface area contributed by atoms with E-state index < -0.39 is 4.92 Å². The van der Waals surface area contributed by atoms with Crippen molar-refractivity contribution in [3.8, 4) is 0 Å². The molecule has 0 radical (unpaired) electrons. The van der Waals surface area contributed by atoms with Crippen LogP contribution < -0.4 is 0 Å². The summed E-state index contributed by atoms with van der Waals surface area (Å²) < 4.78 is 5.80. The molecule has 2 aromatic carbocycles. The maximum atomic E-state index is 12.6. The molecule has 0 aliphatic carbocycles. The highest BCUT2D eigenvalue weighted by molar-refractivity contribution is 5.94. The van der Waals surface area contributed by atoms with Crippen molar-refractivity contribution in [3.63, 3.8) is 0 Å². The van der Waals surface area contributed by atoms with Crippen molar-refractivity contribution in [1.29, 1.82) is 0 Å². The number of nitro benzene ring substituents is 1. The summed E-state index contributed by atoms with van der Waals surface area (Å²) >= 11 is 0. The lowest BCUT2D eigenvalue weighted by Gasteiger charge is -2.32. The van der Waals surface area contributed by atoms with E-state index in [1.54, 1.807) is 17.0 Å². The molecule has 0 unspecified atom stereocenters. The summed E-state index contributed by atoms with van der Waals surface area (Å²) in [5.41, 5.74) is 1.48. The molecule has 0 aromatic heterocycles. The van der Waals surface area contributed by atoms with Gasteiger partial charge in [0.05, 0.1) is 11.5 Å². The highest BCUT2D eigenvalue weighted by Crippen LogP contribution is 2.21. The van der Waals surface area contributed by atoms with Crippen LogP contribution in [0.25, 0.3) is 0 Å². The second-order valence-corrected chi connectivity index (χ2v) is 6.54. The number of hydrogen-bond donors (Lipinski definition) is 0. The predicted molar refractivity (Wildman–Crippen MR) is 97.8 cm³/mol. The van der Waals surface area contributed by atoms with E-state index in [1.165, 1.54) is 12.1 Å². The fourth-order valence-corrected chi connectivity index (χ4v) is 3.16. The maximum absolute atomic E-state index is 12.6. The molecule has 3 rings (SSSR count). The van der Waals surface area contributed by atoms with Crippen LogP contribution in [0.15, 0.2) is 54.6 Å². The van der Waals surface area contributed by atoms with Gasteiger partial charge in [-0.1, -0.05) is 36.4 Å². The number of benzene rings is 2. The summed E-state index contributed by atoms with van der Waals surface area (Å²) in [7, 11) is 0. The second-order valence-electron chi connectivity index (χ2n) is 6.54. The van der Waals surface area contributed by atoms with Crippen LogP contribution in [-0.4, -0.2) is 35.4 Å². The van der Waals surface area contributed by atoms with E-state index in [4.69, 9.17) is 4.74 Å². The third-order valence-corrected chi connectivity index (χ3v) is 4.67. The fourth-order valence-electron chi connectivity index (χ4n) is 3.16. The standard InChI is InChI=1S/C20H22N2O4/c23-20(18-7-4-8-19(13-18)22(24)25)21-11-9-17(10-12-21)15-26-14-16-5-2-1-3-6-16/h1-8,13,17H,9-12,14-15H2. The van der Waals surface area contributed by atoms with Gasteiger partial charge in [0.1, 0.15) is 0 Å². The van der Waals surface area contributed by atoms with E-state index in [0.717, 1.165) is 18.4 Å². The Labute approximate surface area is 152 Å². The van der Waals surface area contributed by atoms with Crippen LogP contribution in [0.3, 0.4) is 0 Å². The zero-order chi connectivity index (χ0) is 18.4. The van der Waals surface area contributed by atoms with E-state index in [2.05, 4.69) is 0 Å². The summed E-state index contributed by atoms with van der Waals surface area (Å²) in [6, 6.07) is 16.0. The summed E-state index contributed by atoms with van der Waals surface area (Å²) in [6.07, 6.45) is 1.77. The first-order valence-corrected chi connectivity index (χ1v) is 8.79. The number of piperidine rings is 1. The first-order chi connectivity index (χ1) is 12.6. The van der Waals surface area contributed by atoms with Gasteiger partial charge in [-0.15, -0.1) is 0 Å². The van der Waals surface area contributed by atoms with Crippen molar-refractivity contribution in [2.75, 3.05) is 19.7 Å². The molecule has 136 valence electrons. The number of hydrogen-bond acceptors (Lipinski definition) is 4. The Balaban J connectivity index is 1.46. The molecule has 2 aromatic rings. The minimum Gasteiger partial charge on any atom is -0.376 e. The van der Waals surface area contributed by atoms with Crippen LogP contribution in [0.5, 0.6) is 0 Å². The normalized spacial score (nSPS) is 15.0. The average molecular weight is 354 g/mol. The highest BCUT2D eigenvalue weighted by Gasteiger charge is 2.24. The molecule has 6 heteroatoms. The van der Waals surface area contributed by atoms with Gasteiger partial charge in [0.25, 0.3) is 11.6 Å². The number of amides is 1. The Morgan fingerprint density at radius 2 is 1.85 bits per heavy atom. The Kier molecular flexibility index (Phi) is 5.96. The smallest absolute Gasteiger partial charge is 0.270 e. The van der Waals surface area contributed by atoms with E-state index >= 15 is 0 Å². The van der Waals surface area contributed by atoms with Crippen molar-refractivity contribution in [3.05, 3.63) is 75.8 Å². The Bertz CT molecular complexity index is 755. The molecule has 0 atom stereocenters. The van der Waals surface area contributed by atoms with Gasteiger partial charge in [-0.2, -0.15) is 0 Å². The quantitative estimate of drug-likeness (QED) is 0.586. The number of ether oxygens (including phenoxy) is 1. The third-order valence-electron chi connectivity index (χ3n) is 4.67.